The number of methoxy groups -OCH3 is 1. The van der Waals surface area contributed by atoms with Gasteiger partial charge in [-0.1, -0.05) is 30.3 Å². The van der Waals surface area contributed by atoms with Crippen molar-refractivity contribution in [2.24, 2.45) is 0 Å². The number of nitrogens with one attached hydrogen (secondary N) is 1. The molecule has 0 aromatic heterocycles. The number of hydrogen-bond acceptors (Lipinski definition) is 4. The maximum Gasteiger partial charge on any atom is 0.244 e. The van der Waals surface area contributed by atoms with E-state index in [-0.39, 0.29) is 31.3 Å². The summed E-state index contributed by atoms with van der Waals surface area (Å²) >= 11 is 0. The average Bonchev–Trinajstić information content (AvgIpc) is 2.37. The highest BCUT2D eigenvalue weighted by molar-refractivity contribution is 5.97. The van der Waals surface area contributed by atoms with Gasteiger partial charge < -0.3 is 4.74 Å². The van der Waals surface area contributed by atoms with Crippen molar-refractivity contribution in [3.05, 3.63) is 35.9 Å². The smallest absolute Gasteiger partial charge is 0.244 e. The summed E-state index contributed by atoms with van der Waals surface area (Å²) in [7, 11) is 1.45. The highest BCUT2D eigenvalue weighted by atomic mass is 16.8. The largest absolute Gasteiger partial charge is 0.356 e. The summed E-state index contributed by atoms with van der Waals surface area (Å²) in [5.74, 6) is -0.404. The van der Waals surface area contributed by atoms with Crippen molar-refractivity contribution in [2.75, 3.05) is 13.9 Å². The fraction of sp³-hybridized carbons (Fsp3) is 0.333. The van der Waals surface area contributed by atoms with E-state index in [4.69, 9.17) is 0 Å². The van der Waals surface area contributed by atoms with Crippen molar-refractivity contribution in [1.82, 2.24) is 5.48 Å². The molecule has 0 unspecified atom stereocenters. The molecule has 0 atom stereocenters. The van der Waals surface area contributed by atoms with E-state index in [0.29, 0.717) is 5.56 Å². The molecule has 0 aliphatic heterocycles. The minimum Gasteiger partial charge on any atom is -0.356 e. The van der Waals surface area contributed by atoms with Crippen LogP contribution in [0.15, 0.2) is 30.3 Å². The lowest BCUT2D eigenvalue weighted by Gasteiger charge is -2.04. The Kier molecular flexibility index (Phi) is 5.92. The van der Waals surface area contributed by atoms with Crippen molar-refractivity contribution < 1.29 is 19.2 Å². The van der Waals surface area contributed by atoms with Crippen molar-refractivity contribution in [1.29, 1.82) is 0 Å². The van der Waals surface area contributed by atoms with E-state index in [1.165, 1.54) is 7.11 Å². The Hall–Kier alpha value is -1.72. The molecule has 1 aromatic rings. The molecule has 5 heteroatoms. The van der Waals surface area contributed by atoms with E-state index in [1.807, 2.05) is 6.07 Å². The minimum atomic E-state index is -0.341. The summed E-state index contributed by atoms with van der Waals surface area (Å²) in [6.07, 6.45) is 0.254. The van der Waals surface area contributed by atoms with Gasteiger partial charge in [0, 0.05) is 25.5 Å². The third-order valence-electron chi connectivity index (χ3n) is 2.04. The molecule has 1 N–H and O–H groups in total. The summed E-state index contributed by atoms with van der Waals surface area (Å²) in [5, 5.41) is 0. The number of ketones is 1. The molecule has 0 aliphatic carbocycles. The normalized spacial score (nSPS) is 9.94. The predicted molar refractivity (Wildman–Crippen MR) is 61.1 cm³/mol. The highest BCUT2D eigenvalue weighted by Gasteiger charge is 2.08. The van der Waals surface area contributed by atoms with Crippen LogP contribution in [-0.4, -0.2) is 25.6 Å². The molecule has 5 nitrogen and oxygen atoms in total. The van der Waals surface area contributed by atoms with Crippen LogP contribution in [-0.2, 0) is 14.4 Å². The molecule has 1 aromatic carbocycles. The number of ether oxygens (including phenoxy) is 1. The van der Waals surface area contributed by atoms with Crippen LogP contribution in [0.1, 0.15) is 23.2 Å². The molecule has 92 valence electrons. The summed E-state index contributed by atoms with van der Waals surface area (Å²) in [5.41, 5.74) is 2.78. The molecule has 0 bridgehead atoms. The van der Waals surface area contributed by atoms with Crippen LogP contribution >= 0.6 is 0 Å². The van der Waals surface area contributed by atoms with Gasteiger partial charge in [-0.05, 0) is 0 Å². The molecule has 1 amide bonds. The number of carbonyl (C=O) groups excluding carboxylic acids is 2. The predicted octanol–water partition coefficient (Wildman–Crippen LogP) is 1.30. The van der Waals surface area contributed by atoms with Crippen molar-refractivity contribution >= 4 is 11.7 Å². The minimum absolute atomic E-state index is 0.0155. The second-order valence-corrected chi connectivity index (χ2v) is 3.37. The second-order valence-electron chi connectivity index (χ2n) is 3.37. The summed E-state index contributed by atoms with van der Waals surface area (Å²) in [6, 6.07) is 8.86. The lowest BCUT2D eigenvalue weighted by atomic mass is 10.1. The van der Waals surface area contributed by atoms with E-state index < -0.39 is 0 Å². The summed E-state index contributed by atoms with van der Waals surface area (Å²) in [4.78, 5) is 27.5. The number of amides is 1. The number of rotatable bonds is 7. The lowest BCUT2D eigenvalue weighted by molar-refractivity contribution is -0.144. The average molecular weight is 237 g/mol. The fourth-order valence-corrected chi connectivity index (χ4v) is 1.22. The first-order chi connectivity index (χ1) is 8.24. The Bertz CT molecular complexity index is 364. The SMILES string of the molecule is COCONC(=O)CCC(=O)c1ccccc1. The van der Waals surface area contributed by atoms with Crippen LogP contribution in [0.25, 0.3) is 0 Å². The van der Waals surface area contributed by atoms with Crippen molar-refractivity contribution in [2.45, 2.75) is 12.8 Å². The molecule has 17 heavy (non-hydrogen) atoms. The zero-order valence-electron chi connectivity index (χ0n) is 9.64. The Morgan fingerprint density at radius 1 is 1.18 bits per heavy atom. The van der Waals surface area contributed by atoms with Crippen molar-refractivity contribution in [3.63, 3.8) is 0 Å². The Labute approximate surface area is 99.7 Å². The number of hydrogen-bond donors (Lipinski definition) is 1. The van der Waals surface area contributed by atoms with Gasteiger partial charge in [-0.15, -0.1) is 0 Å². The third-order valence-corrected chi connectivity index (χ3v) is 2.04. The van der Waals surface area contributed by atoms with E-state index in [1.54, 1.807) is 24.3 Å². The van der Waals surface area contributed by atoms with Gasteiger partial charge in [0.25, 0.3) is 0 Å². The Morgan fingerprint density at radius 3 is 2.53 bits per heavy atom. The van der Waals surface area contributed by atoms with Crippen LogP contribution in [0.4, 0.5) is 0 Å². The van der Waals surface area contributed by atoms with Crippen LogP contribution < -0.4 is 5.48 Å². The maximum atomic E-state index is 11.6. The van der Waals surface area contributed by atoms with Crippen LogP contribution in [0, 0.1) is 0 Å². The van der Waals surface area contributed by atoms with Crippen LogP contribution in [0.2, 0.25) is 0 Å². The third kappa shape index (κ3) is 5.24. The molecule has 1 rings (SSSR count). The number of carbonyl (C=O) groups is 2. The molecular weight excluding hydrogens is 222 g/mol. The standard InChI is InChI=1S/C12H15NO4/c1-16-9-17-13-12(15)8-7-11(14)10-5-3-2-4-6-10/h2-6H,7-9H2,1H3,(H,13,15). The topological polar surface area (TPSA) is 64.6 Å². The highest BCUT2D eigenvalue weighted by Crippen LogP contribution is 2.04. The Morgan fingerprint density at radius 2 is 1.88 bits per heavy atom. The first-order valence-corrected chi connectivity index (χ1v) is 5.22. The van der Waals surface area contributed by atoms with Gasteiger partial charge in [-0.25, -0.2) is 10.3 Å². The van der Waals surface area contributed by atoms with E-state index >= 15 is 0 Å². The monoisotopic (exact) mass is 237 g/mol. The van der Waals surface area contributed by atoms with E-state index in [2.05, 4.69) is 15.1 Å². The molecule has 0 spiro atoms. The summed E-state index contributed by atoms with van der Waals surface area (Å²) < 4.78 is 4.58. The molecule has 0 saturated heterocycles. The zero-order chi connectivity index (χ0) is 12.5. The van der Waals surface area contributed by atoms with Gasteiger partial charge in [0.15, 0.2) is 12.6 Å². The zero-order valence-corrected chi connectivity index (χ0v) is 9.64. The fourth-order valence-electron chi connectivity index (χ4n) is 1.22. The lowest BCUT2D eigenvalue weighted by Crippen LogP contribution is -2.25. The Balaban J connectivity index is 2.26. The number of benzene rings is 1. The van der Waals surface area contributed by atoms with Gasteiger partial charge >= 0.3 is 0 Å². The molecule has 0 aliphatic rings. The summed E-state index contributed by atoms with van der Waals surface area (Å²) in [6.45, 7) is -0.0155. The van der Waals surface area contributed by atoms with Gasteiger partial charge in [0.1, 0.15) is 0 Å². The molecule has 0 heterocycles. The first-order valence-electron chi connectivity index (χ1n) is 5.22. The second kappa shape index (κ2) is 7.54. The molecule has 0 radical (unpaired) electrons. The van der Waals surface area contributed by atoms with Gasteiger partial charge in [0.05, 0.1) is 0 Å². The van der Waals surface area contributed by atoms with Crippen molar-refractivity contribution in [3.8, 4) is 0 Å². The van der Waals surface area contributed by atoms with Crippen LogP contribution in [0.3, 0.4) is 0 Å². The number of hydroxylamine groups is 1. The van der Waals surface area contributed by atoms with Gasteiger partial charge in [0.2, 0.25) is 5.91 Å². The number of Topliss-reactive ketones (excluding diaryl/α,β-unsaturated/α-hetero) is 1. The van der Waals surface area contributed by atoms with E-state index in [0.717, 1.165) is 0 Å². The quantitative estimate of drug-likeness (QED) is 0.336. The molecular formula is C12H15NO4. The molecule has 0 fully saturated rings. The van der Waals surface area contributed by atoms with E-state index in [9.17, 15) is 9.59 Å². The van der Waals surface area contributed by atoms with Crippen LogP contribution in [0.5, 0.6) is 0 Å². The molecule has 0 saturated carbocycles. The van der Waals surface area contributed by atoms with Gasteiger partial charge in [-0.3, -0.25) is 9.59 Å². The van der Waals surface area contributed by atoms with Gasteiger partial charge in [-0.2, -0.15) is 0 Å². The first kappa shape index (κ1) is 13.3. The maximum absolute atomic E-state index is 11.6.